The second-order valence-electron chi connectivity index (χ2n) is 14.4. The van der Waals surface area contributed by atoms with Crippen molar-refractivity contribution in [2.45, 2.75) is 146 Å². The Hall–Kier alpha value is -2.90. The molecule has 49 heavy (non-hydrogen) atoms. The summed E-state index contributed by atoms with van der Waals surface area (Å²) >= 11 is 0. The van der Waals surface area contributed by atoms with Gasteiger partial charge in [0.25, 0.3) is 0 Å². The average molecular weight is 691 g/mol. The number of amides is 3. The average Bonchev–Trinajstić information content (AvgIpc) is 4.00. The van der Waals surface area contributed by atoms with E-state index in [9.17, 15) is 19.5 Å². The van der Waals surface area contributed by atoms with Gasteiger partial charge in [-0.15, -0.1) is 0 Å². The predicted molar refractivity (Wildman–Crippen MR) is 175 cm³/mol. The number of hydrogen-bond donors (Lipinski definition) is 3. The van der Waals surface area contributed by atoms with Gasteiger partial charge in [0, 0.05) is 12.8 Å². The topological polar surface area (TPSA) is 176 Å². The van der Waals surface area contributed by atoms with E-state index in [-0.39, 0.29) is 98.5 Å². The molecule has 10 unspecified atom stereocenters. The third kappa shape index (κ3) is 6.32. The Bertz CT molecular complexity index is 1250. The molecule has 7 bridgehead atoms. The summed E-state index contributed by atoms with van der Waals surface area (Å²) in [6.07, 6.45) is 5.05. The zero-order valence-corrected chi connectivity index (χ0v) is 28.0. The Kier molecular flexibility index (Phi) is 10.5. The Balaban J connectivity index is 0.000000126. The molecule has 0 aromatic carbocycles. The highest BCUT2D eigenvalue weighted by Gasteiger charge is 2.67. The number of piperidine rings is 4. The van der Waals surface area contributed by atoms with Crippen LogP contribution in [0.3, 0.4) is 0 Å². The first-order valence-electron chi connectivity index (χ1n) is 17.9. The molecular weight excluding hydrogens is 636 g/mol. The van der Waals surface area contributed by atoms with E-state index in [4.69, 9.17) is 36.0 Å². The van der Waals surface area contributed by atoms with E-state index < -0.39 is 6.10 Å². The summed E-state index contributed by atoms with van der Waals surface area (Å²) < 4.78 is 26.3. The largest absolute Gasteiger partial charge is 0.450 e. The molecule has 0 aliphatic carbocycles. The van der Waals surface area contributed by atoms with E-state index in [1.54, 1.807) is 4.90 Å². The van der Waals surface area contributed by atoms with Crippen molar-refractivity contribution in [2.24, 2.45) is 17.6 Å². The number of nitrogens with one attached hydrogen (secondary N) is 1. The van der Waals surface area contributed by atoms with E-state index >= 15 is 0 Å². The number of aliphatic hydroxyl groups excluding tert-OH is 1. The molecule has 0 aromatic heterocycles. The molecule has 9 fully saturated rings. The van der Waals surface area contributed by atoms with Crippen molar-refractivity contribution in [3.05, 3.63) is 11.4 Å². The van der Waals surface area contributed by atoms with Crippen LogP contribution in [0.15, 0.2) is 0 Å². The van der Waals surface area contributed by atoms with Crippen LogP contribution in [-0.2, 0) is 23.7 Å². The normalized spacial score (nSPS) is 43.3. The van der Waals surface area contributed by atoms with Crippen molar-refractivity contribution in [3.8, 4) is 0 Å². The molecule has 9 aliphatic rings. The quantitative estimate of drug-likeness (QED) is 0.223. The lowest BCUT2D eigenvalue weighted by atomic mass is 9.88. The summed E-state index contributed by atoms with van der Waals surface area (Å²) in [5, 5.41) is 13.5. The Morgan fingerprint density at radius 2 is 1.18 bits per heavy atom. The van der Waals surface area contributed by atoms with E-state index in [1.807, 2.05) is 30.6 Å². The summed E-state index contributed by atoms with van der Waals surface area (Å²) in [5.41, 5.74) is 5.72. The lowest BCUT2D eigenvalue weighted by molar-refractivity contribution is 0.0187. The van der Waals surface area contributed by atoms with Crippen LogP contribution in [0.1, 0.15) is 66.7 Å². The van der Waals surface area contributed by atoms with E-state index in [1.165, 1.54) is 0 Å². The molecule has 274 valence electrons. The number of nitrogens with zero attached hydrogens (tertiary/aromatic N) is 4. The number of hydrogen-bond acceptors (Lipinski definition) is 11. The number of ether oxygens (including phenoxy) is 5. The molecule has 0 aromatic rings. The van der Waals surface area contributed by atoms with Crippen molar-refractivity contribution >= 4 is 18.3 Å². The van der Waals surface area contributed by atoms with Crippen molar-refractivity contribution in [1.82, 2.24) is 20.0 Å². The van der Waals surface area contributed by atoms with Crippen LogP contribution in [0.4, 0.5) is 14.4 Å². The second-order valence-corrected chi connectivity index (χ2v) is 14.4. The predicted octanol–water partition coefficient (Wildman–Crippen LogP) is 1.95. The maximum absolute atomic E-state index is 11.8. The van der Waals surface area contributed by atoms with Crippen LogP contribution in [0.5, 0.6) is 0 Å². The minimum absolute atomic E-state index is 0. The van der Waals surface area contributed by atoms with Gasteiger partial charge in [0.05, 0.1) is 68.2 Å². The second kappa shape index (κ2) is 14.4. The van der Waals surface area contributed by atoms with Gasteiger partial charge in [0.15, 0.2) is 0 Å². The number of morpholine rings is 2. The fourth-order valence-electron chi connectivity index (χ4n) is 9.83. The molecular formula is C34H54N6O9. The minimum Gasteiger partial charge on any atom is -0.450 e. The van der Waals surface area contributed by atoms with Gasteiger partial charge >= 0.3 is 18.3 Å². The fourth-order valence-corrected chi connectivity index (χ4v) is 9.83. The van der Waals surface area contributed by atoms with E-state index in [0.717, 1.165) is 45.1 Å². The molecule has 15 atom stereocenters. The number of epoxide rings is 2. The molecule has 3 amide bonds. The fraction of sp³-hybridized carbons (Fsp3) is 0.882. The van der Waals surface area contributed by atoms with Gasteiger partial charge in [-0.2, -0.15) is 0 Å². The van der Waals surface area contributed by atoms with Crippen LogP contribution in [0.2, 0.25) is 0 Å². The maximum atomic E-state index is 11.8. The number of carbonyl (C=O) groups is 3. The molecule has 9 aliphatic heterocycles. The minimum atomic E-state index is -0.429. The molecule has 0 saturated carbocycles. The molecule has 9 rings (SSSR count). The molecule has 4 N–H and O–H groups in total. The zero-order chi connectivity index (χ0) is 33.9. The summed E-state index contributed by atoms with van der Waals surface area (Å²) in [6.45, 7) is 15.5. The van der Waals surface area contributed by atoms with Gasteiger partial charge in [-0.05, 0) is 71.4 Å². The monoisotopic (exact) mass is 690 g/mol. The van der Waals surface area contributed by atoms with Gasteiger partial charge in [0.1, 0.15) is 24.4 Å². The molecule has 15 nitrogen and oxygen atoms in total. The summed E-state index contributed by atoms with van der Waals surface area (Å²) in [5.74, 6) is 1.14. The third-order valence-electron chi connectivity index (χ3n) is 11.9. The van der Waals surface area contributed by atoms with Gasteiger partial charge in [-0.25, -0.2) is 21.0 Å². The molecule has 0 radical (unpaired) electrons. The van der Waals surface area contributed by atoms with Crippen LogP contribution < -0.4 is 11.1 Å². The number of rotatable bonds is 4. The van der Waals surface area contributed by atoms with Gasteiger partial charge in [-0.3, -0.25) is 14.7 Å². The smallest absolute Gasteiger partial charge is 0.410 e. The lowest BCUT2D eigenvalue weighted by Gasteiger charge is -2.41. The molecule has 0 spiro atoms. The summed E-state index contributed by atoms with van der Waals surface area (Å²) in [6, 6.07) is 0.746. The van der Waals surface area contributed by atoms with Crippen molar-refractivity contribution in [2.75, 3.05) is 32.9 Å². The standard InChI is InChI=1S/C11H14N2O3.2C11H18N2O3.CH4/c1-3-15-11(14)13-7-4-6(12-2)5-8(13)10-9(7)16-10;1-2-15-11(14)13-7-3-6(5-12)4-8(13)10-9(7)16-10;1-2-16-11(15)13-7-3-6-4-8(13)10(14)9(7)12-5-6;/h6-10H,3-5H2,1H3;6-10H,2-5,12H2,1H3;6-10,12,14H,2-5H2,1H3;1H4/t2*6?,7?,8?,9-,10+;6?,7?,8?,9?,10-;/m..0./s1. The molecule has 9 heterocycles. The SMILES string of the molecule is C.CCOC(=O)N1C2CC(CN)CC1[C@@H]1O[C@H]21.CCOC(=O)N1C2CC3CNC2[C@@H](O)C1C3.[C-]#[N+]C1CC2[C@H]3O[C@H]3C(C1)N2C(=O)OCC. The lowest BCUT2D eigenvalue weighted by Crippen LogP contribution is -2.56. The first kappa shape index (κ1) is 35.9. The van der Waals surface area contributed by atoms with Crippen molar-refractivity contribution in [3.63, 3.8) is 0 Å². The molecule has 15 heteroatoms. The first-order valence-corrected chi connectivity index (χ1v) is 17.9. The number of fused-ring (bicyclic) bond motifs is 12. The maximum Gasteiger partial charge on any atom is 0.410 e. The zero-order valence-electron chi connectivity index (χ0n) is 28.0. The third-order valence-corrected chi connectivity index (χ3v) is 11.9. The highest BCUT2D eigenvalue weighted by atomic mass is 16.6. The highest BCUT2D eigenvalue weighted by molar-refractivity contribution is 5.71. The van der Waals surface area contributed by atoms with E-state index in [2.05, 4.69) is 10.2 Å². The number of aliphatic hydroxyl groups is 1. The Morgan fingerprint density at radius 1 is 0.755 bits per heavy atom. The van der Waals surface area contributed by atoms with Gasteiger partial charge in [-0.1, -0.05) is 7.43 Å². The van der Waals surface area contributed by atoms with Gasteiger partial charge in [0.2, 0.25) is 6.04 Å². The summed E-state index contributed by atoms with van der Waals surface area (Å²) in [4.78, 5) is 44.5. The summed E-state index contributed by atoms with van der Waals surface area (Å²) in [7, 11) is 0. The van der Waals surface area contributed by atoms with Crippen LogP contribution in [0, 0.1) is 18.4 Å². The van der Waals surface area contributed by atoms with Crippen LogP contribution in [-0.4, -0.2) is 150 Å². The van der Waals surface area contributed by atoms with E-state index in [0.29, 0.717) is 38.2 Å². The Labute approximate surface area is 288 Å². The first-order chi connectivity index (χ1) is 23.2. The number of carbonyl (C=O) groups excluding carboxylic acids is 3. The number of nitrogens with two attached hydrogens (primary N) is 1. The van der Waals surface area contributed by atoms with Gasteiger partial charge < -0.3 is 44.7 Å². The highest BCUT2D eigenvalue weighted by Crippen LogP contribution is 2.51. The van der Waals surface area contributed by atoms with Crippen LogP contribution in [0.25, 0.3) is 4.85 Å². The molecule has 9 saturated heterocycles. The Morgan fingerprint density at radius 3 is 1.61 bits per heavy atom. The van der Waals surface area contributed by atoms with Crippen molar-refractivity contribution < 1.29 is 43.2 Å². The van der Waals surface area contributed by atoms with Crippen molar-refractivity contribution in [1.29, 1.82) is 0 Å². The van der Waals surface area contributed by atoms with Crippen LogP contribution >= 0.6 is 0 Å².